The number of thioether (sulfide) groups is 1. The average Bonchev–Trinajstić information content (AvgIpc) is 2.95. The molecule has 0 bridgehead atoms. The van der Waals surface area contributed by atoms with Crippen LogP contribution < -0.4 is 11.4 Å². The van der Waals surface area contributed by atoms with Crippen molar-refractivity contribution >= 4 is 17.7 Å². The van der Waals surface area contributed by atoms with E-state index in [0.29, 0.717) is 31.1 Å². The number of H-pyrrole nitrogens is 1. The highest BCUT2D eigenvalue weighted by Gasteiger charge is 2.43. The number of rotatable bonds is 5. The van der Waals surface area contributed by atoms with Crippen molar-refractivity contribution in [3.8, 4) is 0 Å². The first-order valence-corrected chi connectivity index (χ1v) is 7.66. The zero-order chi connectivity index (χ0) is 14.8. The fraction of sp³-hybridized carbons (Fsp3) is 0.750. The number of nitrogens with zero attached hydrogens (tertiary/aromatic N) is 2. The molecule has 1 aliphatic carbocycles. The second-order valence-electron chi connectivity index (χ2n) is 4.91. The van der Waals surface area contributed by atoms with Gasteiger partial charge in [0.1, 0.15) is 5.54 Å². The molecule has 3 N–H and O–H groups in total. The number of carbonyl (C=O) groups is 1. The first-order valence-electron chi connectivity index (χ1n) is 6.78. The lowest BCUT2D eigenvalue weighted by Gasteiger charge is -2.21. The van der Waals surface area contributed by atoms with Crippen LogP contribution in [0, 0.1) is 0 Å². The molecule has 2 unspecified atom stereocenters. The number of nitrogens with one attached hydrogen (secondary N) is 1. The minimum Gasteiger partial charge on any atom is -0.465 e. The predicted molar refractivity (Wildman–Crippen MR) is 75.6 cm³/mol. The summed E-state index contributed by atoms with van der Waals surface area (Å²) in [5, 5.41) is 7.27. The minimum absolute atomic E-state index is 0.171. The Kier molecular flexibility index (Phi) is 4.54. The Balaban J connectivity index is 2.03. The summed E-state index contributed by atoms with van der Waals surface area (Å²) < 4.78 is 6.60. The molecule has 0 radical (unpaired) electrons. The van der Waals surface area contributed by atoms with Crippen LogP contribution in [0.25, 0.3) is 0 Å². The van der Waals surface area contributed by atoms with Gasteiger partial charge in [0.25, 0.3) is 0 Å². The summed E-state index contributed by atoms with van der Waals surface area (Å²) in [6.45, 7) is 4.56. The molecule has 8 heteroatoms. The largest absolute Gasteiger partial charge is 0.465 e. The van der Waals surface area contributed by atoms with E-state index in [0.717, 1.165) is 6.42 Å². The van der Waals surface area contributed by atoms with Crippen LogP contribution in [0.2, 0.25) is 0 Å². The number of aromatic amines is 1. The molecule has 112 valence electrons. The van der Waals surface area contributed by atoms with Crippen molar-refractivity contribution in [1.29, 1.82) is 0 Å². The van der Waals surface area contributed by atoms with Crippen LogP contribution in [0.1, 0.15) is 33.1 Å². The fourth-order valence-electron chi connectivity index (χ4n) is 2.41. The van der Waals surface area contributed by atoms with Gasteiger partial charge in [0.15, 0.2) is 5.16 Å². The predicted octanol–water partition coefficient (Wildman–Crippen LogP) is 0.496. The topological polar surface area (TPSA) is 103 Å². The molecule has 1 saturated carbocycles. The van der Waals surface area contributed by atoms with Gasteiger partial charge in [0.2, 0.25) is 0 Å². The summed E-state index contributed by atoms with van der Waals surface area (Å²) in [5.74, 6) is -0.335. The van der Waals surface area contributed by atoms with Crippen LogP contribution in [0.3, 0.4) is 0 Å². The second-order valence-corrected chi connectivity index (χ2v) is 6.18. The molecule has 20 heavy (non-hydrogen) atoms. The third-order valence-corrected chi connectivity index (χ3v) is 4.76. The van der Waals surface area contributed by atoms with Crippen molar-refractivity contribution in [3.05, 3.63) is 10.5 Å². The van der Waals surface area contributed by atoms with E-state index in [1.54, 1.807) is 11.5 Å². The normalized spacial score (nSPS) is 25.9. The molecule has 0 amide bonds. The minimum atomic E-state index is -0.901. The highest BCUT2D eigenvalue weighted by Crippen LogP contribution is 2.38. The third kappa shape index (κ3) is 2.90. The Morgan fingerprint density at radius 1 is 1.65 bits per heavy atom. The van der Waals surface area contributed by atoms with Gasteiger partial charge in [-0.3, -0.25) is 9.36 Å². The monoisotopic (exact) mass is 300 g/mol. The van der Waals surface area contributed by atoms with Gasteiger partial charge in [-0.05, 0) is 33.1 Å². The molecule has 1 aromatic rings. The van der Waals surface area contributed by atoms with Crippen LogP contribution in [-0.2, 0) is 16.1 Å². The maximum atomic E-state index is 11.9. The zero-order valence-corrected chi connectivity index (χ0v) is 12.5. The first kappa shape index (κ1) is 15.1. The number of carbonyl (C=O) groups excluding carboxylic acids is 1. The van der Waals surface area contributed by atoms with E-state index in [1.165, 1.54) is 11.8 Å². The van der Waals surface area contributed by atoms with Crippen LogP contribution in [0.15, 0.2) is 9.95 Å². The fourth-order valence-corrected chi connectivity index (χ4v) is 3.76. The summed E-state index contributed by atoms with van der Waals surface area (Å²) >= 11 is 1.49. The van der Waals surface area contributed by atoms with Crippen molar-refractivity contribution in [2.24, 2.45) is 5.73 Å². The number of esters is 1. The standard InChI is InChI=1S/C12H20N4O3S/c1-3-16-10(18)14-15-11(16)20-8-5-6-12(13,7-8)9(17)19-4-2/h8H,3-7,13H2,1-2H3,(H,14,18). The van der Waals surface area contributed by atoms with E-state index in [1.807, 2.05) is 6.92 Å². The summed E-state index contributed by atoms with van der Waals surface area (Å²) in [4.78, 5) is 23.4. The van der Waals surface area contributed by atoms with Crippen molar-refractivity contribution in [2.75, 3.05) is 6.61 Å². The maximum Gasteiger partial charge on any atom is 0.343 e. The van der Waals surface area contributed by atoms with Crippen LogP contribution >= 0.6 is 11.8 Å². The van der Waals surface area contributed by atoms with Gasteiger partial charge in [0.05, 0.1) is 6.61 Å². The van der Waals surface area contributed by atoms with E-state index in [4.69, 9.17) is 10.5 Å². The summed E-state index contributed by atoms with van der Waals surface area (Å²) in [6, 6.07) is 0. The van der Waals surface area contributed by atoms with E-state index in [9.17, 15) is 9.59 Å². The Morgan fingerprint density at radius 3 is 3.05 bits per heavy atom. The van der Waals surface area contributed by atoms with Gasteiger partial charge in [-0.25, -0.2) is 9.89 Å². The van der Waals surface area contributed by atoms with Gasteiger partial charge in [0, 0.05) is 11.8 Å². The maximum absolute atomic E-state index is 11.9. The summed E-state index contributed by atoms with van der Waals surface area (Å²) in [7, 11) is 0. The van der Waals surface area contributed by atoms with E-state index in [2.05, 4.69) is 10.2 Å². The van der Waals surface area contributed by atoms with Crippen molar-refractivity contribution in [2.45, 2.75) is 55.6 Å². The Hall–Kier alpha value is -1.28. The number of ether oxygens (including phenoxy) is 1. The number of nitrogens with two attached hydrogens (primary N) is 1. The van der Waals surface area contributed by atoms with E-state index < -0.39 is 5.54 Å². The molecule has 1 aliphatic rings. The van der Waals surface area contributed by atoms with E-state index >= 15 is 0 Å². The Labute approximate surface area is 121 Å². The quantitative estimate of drug-likeness (QED) is 0.767. The summed E-state index contributed by atoms with van der Waals surface area (Å²) in [6.07, 6.45) is 1.95. The lowest BCUT2D eigenvalue weighted by molar-refractivity contribution is -0.149. The van der Waals surface area contributed by atoms with Crippen LogP contribution in [-0.4, -0.2) is 38.1 Å². The van der Waals surface area contributed by atoms with Gasteiger partial charge < -0.3 is 10.5 Å². The zero-order valence-electron chi connectivity index (χ0n) is 11.7. The van der Waals surface area contributed by atoms with Gasteiger partial charge in [-0.1, -0.05) is 11.8 Å². The summed E-state index contributed by atoms with van der Waals surface area (Å²) in [5.41, 5.74) is 5.01. The smallest absolute Gasteiger partial charge is 0.343 e. The molecular weight excluding hydrogens is 280 g/mol. The van der Waals surface area contributed by atoms with Crippen molar-refractivity contribution in [3.63, 3.8) is 0 Å². The Morgan fingerprint density at radius 2 is 2.40 bits per heavy atom. The molecule has 2 rings (SSSR count). The molecule has 0 saturated heterocycles. The third-order valence-electron chi connectivity index (χ3n) is 3.50. The molecular formula is C12H20N4O3S. The van der Waals surface area contributed by atoms with Gasteiger partial charge >= 0.3 is 11.7 Å². The highest BCUT2D eigenvalue weighted by atomic mass is 32.2. The van der Waals surface area contributed by atoms with Crippen molar-refractivity contribution < 1.29 is 9.53 Å². The van der Waals surface area contributed by atoms with Crippen LogP contribution in [0.4, 0.5) is 0 Å². The lowest BCUT2D eigenvalue weighted by Crippen LogP contribution is -2.47. The first-order chi connectivity index (χ1) is 9.50. The van der Waals surface area contributed by atoms with Gasteiger partial charge in [-0.15, -0.1) is 5.10 Å². The molecule has 2 atom stereocenters. The highest BCUT2D eigenvalue weighted by molar-refractivity contribution is 7.99. The van der Waals surface area contributed by atoms with Crippen molar-refractivity contribution in [1.82, 2.24) is 14.8 Å². The molecule has 1 heterocycles. The molecule has 0 aliphatic heterocycles. The molecule has 1 aromatic heterocycles. The molecule has 1 fully saturated rings. The van der Waals surface area contributed by atoms with E-state index in [-0.39, 0.29) is 16.9 Å². The number of hydrogen-bond donors (Lipinski definition) is 2. The second kappa shape index (κ2) is 6.01. The number of hydrogen-bond acceptors (Lipinski definition) is 6. The van der Waals surface area contributed by atoms with Gasteiger partial charge in [-0.2, -0.15) is 0 Å². The van der Waals surface area contributed by atoms with Crippen LogP contribution in [0.5, 0.6) is 0 Å². The average molecular weight is 300 g/mol. The number of aromatic nitrogens is 3. The SMILES string of the molecule is CCOC(=O)C1(N)CCC(Sc2n[nH]c(=O)n2CC)C1. The Bertz CT molecular complexity index is 541. The lowest BCUT2D eigenvalue weighted by atomic mass is 10.00. The molecule has 0 aromatic carbocycles. The molecule has 0 spiro atoms. The molecule has 7 nitrogen and oxygen atoms in total.